The first-order chi connectivity index (χ1) is 55.4. The molecular formula is C102H102N12Pd3. The van der Waals surface area contributed by atoms with Gasteiger partial charge < -0.3 is 31.9 Å². The maximum Gasteiger partial charge on any atom is 2.00 e. The summed E-state index contributed by atoms with van der Waals surface area (Å²) < 4.78 is 0. The van der Waals surface area contributed by atoms with Crippen molar-refractivity contribution in [3.8, 4) is 0 Å². The Balaban J connectivity index is 0.000000294. The summed E-state index contributed by atoms with van der Waals surface area (Å²) in [5.74, 6) is 0. The smallest absolute Gasteiger partial charge is 0.661 e. The van der Waals surface area contributed by atoms with E-state index in [2.05, 4.69) is 61.9 Å². The molecule has 0 heterocycles. The molecule has 0 fully saturated rings. The molecule has 600 valence electrons. The third-order valence-corrected chi connectivity index (χ3v) is 15.2. The molecule has 0 bridgehead atoms. The van der Waals surface area contributed by atoms with Crippen LogP contribution in [0.3, 0.4) is 0 Å². The molecular weight excluding hydrogens is 1710 g/mol. The van der Waals surface area contributed by atoms with E-state index in [9.17, 15) is 0 Å². The molecule has 0 aliphatic heterocycles. The van der Waals surface area contributed by atoms with E-state index in [0.717, 1.165) is 137 Å². The van der Waals surface area contributed by atoms with Crippen molar-refractivity contribution in [1.82, 2.24) is 0 Å². The Morgan fingerprint density at radius 1 is 0.154 bits per heavy atom. The minimum absolute atomic E-state index is 0. The zero-order chi connectivity index (χ0) is 81.0. The zero-order valence-electron chi connectivity index (χ0n) is 68.4. The minimum atomic E-state index is 0. The summed E-state index contributed by atoms with van der Waals surface area (Å²) in [4.78, 5) is 27.1. The van der Waals surface area contributed by atoms with Gasteiger partial charge in [0.15, 0.2) is 0 Å². The molecule has 12 aromatic rings. The summed E-state index contributed by atoms with van der Waals surface area (Å²) in [6.45, 7) is 23.8. The molecule has 0 radical (unpaired) electrons. The monoisotopic (exact) mass is 1810 g/mol. The Morgan fingerprint density at radius 3 is 0.350 bits per heavy atom. The van der Waals surface area contributed by atoms with Gasteiger partial charge in [-0.1, -0.05) is 369 Å². The molecule has 0 aliphatic carbocycles. The van der Waals surface area contributed by atoms with Crippen molar-refractivity contribution in [1.29, 1.82) is 0 Å². The predicted molar refractivity (Wildman–Crippen MR) is 495 cm³/mol. The average molecular weight is 1820 g/mol. The summed E-state index contributed by atoms with van der Waals surface area (Å²) in [6.07, 6.45) is 11.9. The molecule has 12 rings (SSSR count). The number of nitrogens with zero attached hydrogens (tertiary/aromatic N) is 12. The van der Waals surface area contributed by atoms with E-state index < -0.39 is 0 Å². The number of para-hydroxylation sites is 12. The van der Waals surface area contributed by atoms with Gasteiger partial charge in [-0.3, -0.25) is 30.0 Å². The van der Waals surface area contributed by atoms with Crippen LogP contribution in [0.15, 0.2) is 465 Å². The fourth-order valence-corrected chi connectivity index (χ4v) is 10.7. The Hall–Kier alpha value is -12.1. The number of allylic oxidation sites excluding steroid dienone is 12. The van der Waals surface area contributed by atoms with Crippen LogP contribution in [0.5, 0.6) is 0 Å². The van der Waals surface area contributed by atoms with Gasteiger partial charge in [-0.25, -0.2) is 0 Å². The Morgan fingerprint density at radius 2 is 0.248 bits per heavy atom. The SMILES string of the molecule is CC(/C=C(/C)[N-]c1ccccc1)=Nc1ccccc1.CC(/C=C(/C)[N-]c1ccccc1)=Nc1ccccc1.CC(/C=C(/C)[N-]c1ccccc1)=Nc1ccccc1.CC(/C=C(/C)[N-]c1ccccc1)=Nc1ccccc1.CC(/C=C(/C)[N-]c1ccccc1)=Nc1ccccc1.CC(/C=C(/C)[N-]c1ccccc1)=Nc1ccccc1.[Pd+2].[Pd+2].[Pd+2]. The van der Waals surface area contributed by atoms with Crippen LogP contribution in [0.4, 0.5) is 68.2 Å². The first-order valence-electron chi connectivity index (χ1n) is 37.8. The number of hydrogen-bond acceptors (Lipinski definition) is 6. The van der Waals surface area contributed by atoms with Crippen molar-refractivity contribution in [2.75, 3.05) is 0 Å². The molecule has 0 saturated heterocycles. The van der Waals surface area contributed by atoms with E-state index in [1.165, 1.54) is 0 Å². The topological polar surface area (TPSA) is 159 Å². The molecule has 0 aromatic heterocycles. The van der Waals surface area contributed by atoms with Gasteiger partial charge in [-0.15, -0.1) is 34.1 Å². The summed E-state index contributed by atoms with van der Waals surface area (Å²) in [5, 5.41) is 27.1. The average Bonchev–Trinajstić information content (AvgIpc) is 0.922. The molecule has 0 spiro atoms. The normalized spacial score (nSPS) is 12.0. The quantitative estimate of drug-likeness (QED) is 0.0417. The van der Waals surface area contributed by atoms with Crippen molar-refractivity contribution >= 4 is 103 Å². The van der Waals surface area contributed by atoms with Crippen LogP contribution < -0.4 is 0 Å². The predicted octanol–water partition coefficient (Wildman–Crippen LogP) is 32.3. The summed E-state index contributed by atoms with van der Waals surface area (Å²) >= 11 is 0. The molecule has 0 N–H and O–H groups in total. The van der Waals surface area contributed by atoms with E-state index in [1.54, 1.807) is 0 Å². The van der Waals surface area contributed by atoms with Crippen molar-refractivity contribution in [2.24, 2.45) is 30.0 Å². The number of rotatable bonds is 24. The molecule has 0 aliphatic rings. The van der Waals surface area contributed by atoms with Gasteiger partial charge >= 0.3 is 61.3 Å². The van der Waals surface area contributed by atoms with E-state index in [0.29, 0.717) is 0 Å². The second kappa shape index (κ2) is 57.8. The maximum absolute atomic E-state index is 4.52. The minimum Gasteiger partial charge on any atom is -0.661 e. The van der Waals surface area contributed by atoms with Crippen LogP contribution in [0.1, 0.15) is 83.1 Å². The van der Waals surface area contributed by atoms with Gasteiger partial charge in [-0.2, -0.15) is 34.2 Å². The summed E-state index contributed by atoms with van der Waals surface area (Å²) in [5.41, 5.74) is 22.9. The van der Waals surface area contributed by atoms with Crippen LogP contribution in [-0.4, -0.2) is 34.3 Å². The van der Waals surface area contributed by atoms with Crippen molar-refractivity contribution in [2.45, 2.75) is 83.1 Å². The first-order valence-corrected chi connectivity index (χ1v) is 37.8. The van der Waals surface area contributed by atoms with Gasteiger partial charge in [0.1, 0.15) is 0 Å². The second-order valence-corrected chi connectivity index (χ2v) is 25.9. The van der Waals surface area contributed by atoms with E-state index in [-0.39, 0.29) is 61.3 Å². The molecule has 0 atom stereocenters. The van der Waals surface area contributed by atoms with E-state index >= 15 is 0 Å². The summed E-state index contributed by atoms with van der Waals surface area (Å²) in [7, 11) is 0. The zero-order valence-corrected chi connectivity index (χ0v) is 73.1. The number of hydrogen-bond donors (Lipinski definition) is 0. The fourth-order valence-electron chi connectivity index (χ4n) is 10.7. The van der Waals surface area contributed by atoms with Crippen LogP contribution in [-0.2, 0) is 61.3 Å². The Bertz CT molecular complexity index is 4280. The van der Waals surface area contributed by atoms with E-state index in [4.69, 9.17) is 0 Å². The third kappa shape index (κ3) is 44.4. The third-order valence-electron chi connectivity index (χ3n) is 15.2. The first kappa shape index (κ1) is 97.3. The summed E-state index contributed by atoms with van der Waals surface area (Å²) in [6, 6.07) is 119. The standard InChI is InChI=1S/6C17H17N2.3Pd/c6*1-14(18-16-9-5-3-6-10-16)13-15(2)19-17-11-7-4-8-12-17;;;/h6*3-13H,1-2H3;;;/q6*-1;3*+2/b6*14-13-,19-15?;;;. The van der Waals surface area contributed by atoms with Crippen LogP contribution >= 0.6 is 0 Å². The number of aliphatic imine (C=N–C) groups is 6. The maximum atomic E-state index is 4.52. The van der Waals surface area contributed by atoms with Crippen molar-refractivity contribution in [3.05, 3.63) is 467 Å². The van der Waals surface area contributed by atoms with Gasteiger partial charge in [0.25, 0.3) is 0 Å². The molecule has 117 heavy (non-hydrogen) atoms. The molecule has 12 aromatic carbocycles. The Kier molecular flexibility index (Phi) is 48.1. The second-order valence-electron chi connectivity index (χ2n) is 25.9. The van der Waals surface area contributed by atoms with Crippen molar-refractivity contribution < 1.29 is 61.3 Å². The van der Waals surface area contributed by atoms with Crippen LogP contribution in [0, 0.1) is 0 Å². The molecule has 0 saturated carbocycles. The number of benzene rings is 12. The van der Waals surface area contributed by atoms with E-state index in [1.807, 2.05) is 484 Å². The van der Waals surface area contributed by atoms with Crippen molar-refractivity contribution in [3.63, 3.8) is 0 Å². The van der Waals surface area contributed by atoms with Crippen LogP contribution in [0.25, 0.3) is 31.9 Å². The fraction of sp³-hybridized carbons (Fsp3) is 0.118. The molecule has 15 heteroatoms. The van der Waals surface area contributed by atoms with Gasteiger partial charge in [0.05, 0.1) is 34.1 Å². The van der Waals surface area contributed by atoms with Gasteiger partial charge in [-0.05, 0) is 114 Å². The largest absolute Gasteiger partial charge is 2.00 e. The molecule has 0 amide bonds. The van der Waals surface area contributed by atoms with Crippen LogP contribution in [0.2, 0.25) is 0 Å². The van der Waals surface area contributed by atoms with Gasteiger partial charge in [0.2, 0.25) is 0 Å². The molecule has 12 nitrogen and oxygen atoms in total. The Labute approximate surface area is 737 Å². The van der Waals surface area contributed by atoms with Gasteiger partial charge in [0, 0.05) is 34.3 Å². The molecule has 0 unspecified atom stereocenters.